The van der Waals surface area contributed by atoms with E-state index < -0.39 is 0 Å². The third-order valence-electron chi connectivity index (χ3n) is 6.43. The van der Waals surface area contributed by atoms with Crippen molar-refractivity contribution in [2.45, 2.75) is 32.1 Å². The van der Waals surface area contributed by atoms with Crippen molar-refractivity contribution in [2.24, 2.45) is 0 Å². The number of piperidine rings is 1. The smallest absolute Gasteiger partial charge is 0.142 e. The molecular weight excluding hydrogens is 420 g/mol. The molecule has 0 aliphatic carbocycles. The molecule has 0 unspecified atom stereocenters. The average molecular weight is 451 g/mol. The number of hydrogen-bond acceptors (Lipinski definition) is 4. The van der Waals surface area contributed by atoms with Crippen LogP contribution in [0.4, 0.5) is 17.2 Å². The van der Waals surface area contributed by atoms with Gasteiger partial charge in [0.25, 0.3) is 0 Å². The average Bonchev–Trinajstić information content (AvgIpc) is 3.24. The molecule has 5 rings (SSSR count). The first-order valence-corrected chi connectivity index (χ1v) is 12.1. The van der Waals surface area contributed by atoms with Crippen LogP contribution in [-0.4, -0.2) is 28.8 Å². The maximum absolute atomic E-state index is 10.8. The van der Waals surface area contributed by atoms with Crippen LogP contribution in [0.1, 0.15) is 36.1 Å². The Hall–Kier alpha value is -3.86. The zero-order valence-electron chi connectivity index (χ0n) is 19.4. The lowest BCUT2D eigenvalue weighted by Crippen LogP contribution is -2.29. The number of carbonyl (C=O) groups excluding carboxylic acids is 1. The largest absolute Gasteiger partial charge is 0.372 e. The zero-order chi connectivity index (χ0) is 23.2. The number of allylic oxidation sites excluding steroid dienone is 1. The molecule has 1 fully saturated rings. The molecule has 0 spiro atoms. The molecule has 2 aromatic carbocycles. The standard InChI is InChI=1S/C29H30N4O/c34-21-7-10-24-12-18-28-31-27(17-11-23-8-3-1-4-9-23)29(33(28)22-24)30-25-13-15-26(16-14-25)32-19-5-2-6-20-32/h1,3-4,7-10,12-16,18,21-22,30H,2,5-6,11,17,19-20H2/b10-7+. The highest BCUT2D eigenvalue weighted by Crippen LogP contribution is 2.27. The van der Waals surface area contributed by atoms with Gasteiger partial charge in [0, 0.05) is 30.7 Å². The number of fused-ring (bicyclic) bond motifs is 1. The van der Waals surface area contributed by atoms with Crippen LogP contribution < -0.4 is 10.2 Å². The summed E-state index contributed by atoms with van der Waals surface area (Å²) in [5, 5.41) is 3.63. The summed E-state index contributed by atoms with van der Waals surface area (Å²) in [7, 11) is 0. The molecule has 0 radical (unpaired) electrons. The number of aldehydes is 1. The van der Waals surface area contributed by atoms with Gasteiger partial charge in [0.15, 0.2) is 0 Å². The molecule has 4 aromatic rings. The van der Waals surface area contributed by atoms with Crippen LogP contribution in [-0.2, 0) is 17.6 Å². The van der Waals surface area contributed by atoms with Gasteiger partial charge in [0.05, 0.1) is 5.69 Å². The van der Waals surface area contributed by atoms with E-state index in [9.17, 15) is 4.79 Å². The highest BCUT2D eigenvalue weighted by atomic mass is 16.1. The van der Waals surface area contributed by atoms with E-state index >= 15 is 0 Å². The number of carbonyl (C=O) groups is 1. The molecule has 1 aliphatic rings. The maximum atomic E-state index is 10.8. The van der Waals surface area contributed by atoms with Crippen molar-refractivity contribution in [1.82, 2.24) is 9.38 Å². The molecule has 172 valence electrons. The van der Waals surface area contributed by atoms with Gasteiger partial charge in [-0.25, -0.2) is 4.98 Å². The lowest BCUT2D eigenvalue weighted by Gasteiger charge is -2.28. The topological polar surface area (TPSA) is 49.6 Å². The number of anilines is 3. The van der Waals surface area contributed by atoms with E-state index in [4.69, 9.17) is 4.98 Å². The van der Waals surface area contributed by atoms with E-state index in [0.717, 1.165) is 60.6 Å². The van der Waals surface area contributed by atoms with E-state index in [1.807, 2.05) is 30.5 Å². The molecule has 1 saturated heterocycles. The predicted octanol–water partition coefficient (Wildman–Crippen LogP) is 6.07. The Morgan fingerprint density at radius 3 is 2.44 bits per heavy atom. The monoisotopic (exact) mass is 450 g/mol. The maximum Gasteiger partial charge on any atom is 0.142 e. The molecule has 1 aliphatic heterocycles. The lowest BCUT2D eigenvalue weighted by molar-refractivity contribution is -0.104. The molecule has 0 amide bonds. The molecule has 0 bridgehead atoms. The number of aryl methyl sites for hydroxylation is 2. The van der Waals surface area contributed by atoms with E-state index in [1.54, 1.807) is 0 Å². The fourth-order valence-electron chi connectivity index (χ4n) is 4.62. The normalized spacial score (nSPS) is 14.1. The fraction of sp³-hybridized carbons (Fsp3) is 0.241. The third-order valence-corrected chi connectivity index (χ3v) is 6.43. The van der Waals surface area contributed by atoms with Crippen molar-refractivity contribution in [3.05, 3.63) is 95.8 Å². The number of aromatic nitrogens is 2. The fourth-order valence-corrected chi connectivity index (χ4v) is 4.62. The molecule has 3 heterocycles. The van der Waals surface area contributed by atoms with Gasteiger partial charge in [0.1, 0.15) is 17.8 Å². The first kappa shape index (κ1) is 22.0. The molecule has 0 atom stereocenters. The molecule has 2 aromatic heterocycles. The summed E-state index contributed by atoms with van der Waals surface area (Å²) in [6.07, 6.45) is 11.8. The number of imidazole rings is 1. The number of rotatable bonds is 8. The number of nitrogens with zero attached hydrogens (tertiary/aromatic N) is 3. The minimum absolute atomic E-state index is 0.798. The summed E-state index contributed by atoms with van der Waals surface area (Å²) < 4.78 is 2.09. The van der Waals surface area contributed by atoms with Crippen LogP contribution in [0.25, 0.3) is 11.7 Å². The van der Waals surface area contributed by atoms with Gasteiger partial charge in [-0.2, -0.15) is 0 Å². The molecule has 0 saturated carbocycles. The Bertz CT molecular complexity index is 1270. The highest BCUT2D eigenvalue weighted by molar-refractivity contribution is 5.74. The number of benzene rings is 2. The highest BCUT2D eigenvalue weighted by Gasteiger charge is 2.14. The third kappa shape index (κ3) is 5.04. The summed E-state index contributed by atoms with van der Waals surface area (Å²) in [4.78, 5) is 18.2. The van der Waals surface area contributed by atoms with Crippen molar-refractivity contribution in [3.8, 4) is 0 Å². The first-order chi connectivity index (χ1) is 16.8. The second kappa shape index (κ2) is 10.4. The number of hydrogen-bond donors (Lipinski definition) is 1. The summed E-state index contributed by atoms with van der Waals surface area (Å²) in [6, 6.07) is 23.2. The van der Waals surface area contributed by atoms with Crippen molar-refractivity contribution in [1.29, 1.82) is 0 Å². The van der Waals surface area contributed by atoms with Crippen LogP contribution in [0.15, 0.2) is 79.0 Å². The second-order valence-corrected chi connectivity index (χ2v) is 8.80. The summed E-state index contributed by atoms with van der Waals surface area (Å²) >= 11 is 0. The Labute approximate surface area is 200 Å². The van der Waals surface area contributed by atoms with Crippen molar-refractivity contribution < 1.29 is 4.79 Å². The van der Waals surface area contributed by atoms with Gasteiger partial charge in [-0.3, -0.25) is 9.20 Å². The minimum Gasteiger partial charge on any atom is -0.372 e. The van der Waals surface area contributed by atoms with Gasteiger partial charge in [-0.1, -0.05) is 36.4 Å². The van der Waals surface area contributed by atoms with Gasteiger partial charge >= 0.3 is 0 Å². The Morgan fingerprint density at radius 2 is 1.68 bits per heavy atom. The first-order valence-electron chi connectivity index (χ1n) is 12.1. The van der Waals surface area contributed by atoms with Gasteiger partial charge in [-0.15, -0.1) is 0 Å². The van der Waals surface area contributed by atoms with Gasteiger partial charge in [-0.05, 0) is 85.7 Å². The van der Waals surface area contributed by atoms with E-state index in [1.165, 1.54) is 36.6 Å². The van der Waals surface area contributed by atoms with E-state index in [0.29, 0.717) is 0 Å². The van der Waals surface area contributed by atoms with Crippen molar-refractivity contribution in [2.75, 3.05) is 23.3 Å². The molecule has 5 nitrogen and oxygen atoms in total. The van der Waals surface area contributed by atoms with Crippen LogP contribution in [0.2, 0.25) is 0 Å². The summed E-state index contributed by atoms with van der Waals surface area (Å²) in [6.45, 7) is 2.28. The predicted molar refractivity (Wildman–Crippen MR) is 140 cm³/mol. The minimum atomic E-state index is 0.798. The number of pyridine rings is 1. The van der Waals surface area contributed by atoms with E-state index in [-0.39, 0.29) is 0 Å². The van der Waals surface area contributed by atoms with Crippen molar-refractivity contribution >= 4 is 35.2 Å². The Balaban J connectivity index is 1.44. The lowest BCUT2D eigenvalue weighted by atomic mass is 10.1. The molecule has 34 heavy (non-hydrogen) atoms. The van der Waals surface area contributed by atoms with Gasteiger partial charge < -0.3 is 10.2 Å². The van der Waals surface area contributed by atoms with Crippen LogP contribution in [0.5, 0.6) is 0 Å². The van der Waals surface area contributed by atoms with Crippen LogP contribution in [0, 0.1) is 0 Å². The molecule has 5 heteroatoms. The zero-order valence-corrected chi connectivity index (χ0v) is 19.4. The van der Waals surface area contributed by atoms with Crippen molar-refractivity contribution in [3.63, 3.8) is 0 Å². The second-order valence-electron chi connectivity index (χ2n) is 8.80. The van der Waals surface area contributed by atoms with Crippen LogP contribution >= 0.6 is 0 Å². The SMILES string of the molecule is O=C/C=C/c1ccc2nc(CCc3ccccc3)c(Nc3ccc(N4CCCCC4)cc3)n2c1. The summed E-state index contributed by atoms with van der Waals surface area (Å²) in [5.41, 5.74) is 6.49. The van der Waals surface area contributed by atoms with Crippen LogP contribution in [0.3, 0.4) is 0 Å². The Kier molecular flexibility index (Phi) is 6.71. The Morgan fingerprint density at radius 1 is 0.882 bits per heavy atom. The quantitative estimate of drug-likeness (QED) is 0.262. The summed E-state index contributed by atoms with van der Waals surface area (Å²) in [5.74, 6) is 0.970. The molecular formula is C29H30N4O. The number of nitrogens with one attached hydrogen (secondary N) is 1. The van der Waals surface area contributed by atoms with Gasteiger partial charge in [0.2, 0.25) is 0 Å². The molecule has 1 N–H and O–H groups in total. The van der Waals surface area contributed by atoms with E-state index in [2.05, 4.69) is 63.1 Å².